The molecule has 0 spiro atoms. The van der Waals surface area contributed by atoms with E-state index in [9.17, 15) is 26.3 Å². The second-order valence-electron chi connectivity index (χ2n) is 9.17. The van der Waals surface area contributed by atoms with E-state index in [0.29, 0.717) is 6.61 Å². The molecule has 16 heteroatoms. The highest BCUT2D eigenvalue weighted by atomic mass is 19.4. The van der Waals surface area contributed by atoms with Gasteiger partial charge in [0, 0.05) is 24.4 Å². The van der Waals surface area contributed by atoms with Crippen molar-refractivity contribution in [2.45, 2.75) is 51.6 Å². The predicted octanol–water partition coefficient (Wildman–Crippen LogP) is 5.54. The van der Waals surface area contributed by atoms with Gasteiger partial charge in [0.1, 0.15) is 29.4 Å². The van der Waals surface area contributed by atoms with Crippen molar-refractivity contribution in [3.8, 4) is 22.9 Å². The quantitative estimate of drug-likeness (QED) is 0.295. The lowest BCUT2D eigenvalue weighted by atomic mass is 10.1. The van der Waals surface area contributed by atoms with E-state index in [2.05, 4.69) is 19.9 Å². The predicted molar refractivity (Wildman–Crippen MR) is 138 cm³/mol. The van der Waals surface area contributed by atoms with E-state index in [1.165, 1.54) is 32.4 Å². The lowest BCUT2D eigenvalue weighted by molar-refractivity contribution is -0.193. The summed E-state index contributed by atoms with van der Waals surface area (Å²) in [4.78, 5) is 32.6. The number of piperidine rings is 1. The number of benzene rings is 1. The van der Waals surface area contributed by atoms with Crippen molar-refractivity contribution in [1.29, 1.82) is 0 Å². The standard InChI is InChI=1S/C22H28N4O2.2C2HF3O2/c1-16(2)28-19-14-17(21-24-20-7-6-8-23-22(20)25-21)13-18(15-19)27-12-11-26-9-4-3-5-10-26;2*3-2(4,5)1(6)7/h6-8,13-16H,3-5,9-12H2,1-2H3,(H,23,24,25);2*(H,6,7). The Morgan fingerprint density at radius 1 is 0.976 bits per heavy atom. The summed E-state index contributed by atoms with van der Waals surface area (Å²) in [6, 6.07) is 9.81. The first kappa shape index (κ1) is 34.1. The maximum absolute atomic E-state index is 10.6. The molecule has 42 heavy (non-hydrogen) atoms. The molecule has 1 fully saturated rings. The third-order valence-corrected chi connectivity index (χ3v) is 5.39. The number of H-pyrrole nitrogens is 1. The van der Waals surface area contributed by atoms with E-state index < -0.39 is 24.3 Å². The van der Waals surface area contributed by atoms with E-state index in [4.69, 9.17) is 29.3 Å². The number of rotatable bonds is 7. The van der Waals surface area contributed by atoms with Gasteiger partial charge in [0.05, 0.1) is 6.10 Å². The summed E-state index contributed by atoms with van der Waals surface area (Å²) in [6.45, 7) is 8.03. The van der Waals surface area contributed by atoms with Gasteiger partial charge in [-0.15, -0.1) is 0 Å². The summed E-state index contributed by atoms with van der Waals surface area (Å²) in [6.07, 6.45) is -4.38. The number of aromatic amines is 1. The van der Waals surface area contributed by atoms with Crippen LogP contribution in [0.1, 0.15) is 33.1 Å². The van der Waals surface area contributed by atoms with Gasteiger partial charge in [-0.2, -0.15) is 26.3 Å². The second kappa shape index (κ2) is 15.2. The van der Waals surface area contributed by atoms with Crippen LogP contribution in [-0.4, -0.2) is 86.7 Å². The number of carboxylic acids is 2. The first-order valence-corrected chi connectivity index (χ1v) is 12.6. The first-order chi connectivity index (χ1) is 19.6. The number of nitrogens with one attached hydrogen (secondary N) is 1. The fourth-order valence-electron chi connectivity index (χ4n) is 3.59. The van der Waals surface area contributed by atoms with Crippen LogP contribution in [0.15, 0.2) is 36.5 Å². The van der Waals surface area contributed by atoms with Crippen LogP contribution < -0.4 is 9.47 Å². The number of alkyl halides is 6. The van der Waals surface area contributed by atoms with Gasteiger partial charge < -0.3 is 24.7 Å². The average Bonchev–Trinajstić information content (AvgIpc) is 3.33. The topological polar surface area (TPSA) is 138 Å². The van der Waals surface area contributed by atoms with Crippen LogP contribution in [0, 0.1) is 0 Å². The molecule has 4 rings (SSSR count). The van der Waals surface area contributed by atoms with Crippen LogP contribution in [0.3, 0.4) is 0 Å². The molecule has 1 aliphatic rings. The molecule has 3 heterocycles. The number of hydrogen-bond acceptors (Lipinski definition) is 7. The summed E-state index contributed by atoms with van der Waals surface area (Å²) in [5.41, 5.74) is 2.56. The number of hydrogen-bond donors (Lipinski definition) is 3. The van der Waals surface area contributed by atoms with Gasteiger partial charge in [-0.25, -0.2) is 19.6 Å². The van der Waals surface area contributed by atoms with Crippen LogP contribution in [0.25, 0.3) is 22.6 Å². The Labute approximate surface area is 236 Å². The zero-order valence-corrected chi connectivity index (χ0v) is 22.6. The molecular weight excluding hydrogens is 578 g/mol. The zero-order valence-electron chi connectivity index (χ0n) is 22.6. The molecule has 1 aromatic carbocycles. The van der Waals surface area contributed by atoms with E-state index in [1.54, 1.807) is 6.20 Å². The van der Waals surface area contributed by atoms with Gasteiger partial charge >= 0.3 is 24.3 Å². The highest BCUT2D eigenvalue weighted by Crippen LogP contribution is 2.30. The summed E-state index contributed by atoms with van der Waals surface area (Å²) >= 11 is 0. The lowest BCUT2D eigenvalue weighted by Crippen LogP contribution is -2.33. The molecule has 0 amide bonds. The molecule has 1 aliphatic heterocycles. The molecule has 10 nitrogen and oxygen atoms in total. The Morgan fingerprint density at radius 3 is 2.07 bits per heavy atom. The summed E-state index contributed by atoms with van der Waals surface area (Å²) in [7, 11) is 0. The number of imidazole rings is 1. The number of aliphatic carboxylic acids is 2. The number of nitrogens with zero attached hydrogens (tertiary/aromatic N) is 3. The molecule has 0 bridgehead atoms. The molecule has 0 aliphatic carbocycles. The number of carbonyl (C=O) groups is 2. The number of likely N-dealkylation sites (tertiary alicyclic amines) is 1. The third kappa shape index (κ3) is 11.8. The van der Waals surface area contributed by atoms with Crippen molar-refractivity contribution in [2.75, 3.05) is 26.2 Å². The minimum atomic E-state index is -5.08. The van der Waals surface area contributed by atoms with Crippen LogP contribution in [0.5, 0.6) is 11.5 Å². The van der Waals surface area contributed by atoms with Crippen molar-refractivity contribution < 1.29 is 55.6 Å². The molecule has 3 aromatic rings. The Morgan fingerprint density at radius 2 is 1.55 bits per heavy atom. The van der Waals surface area contributed by atoms with Crippen molar-refractivity contribution in [3.05, 3.63) is 36.5 Å². The van der Waals surface area contributed by atoms with Crippen LogP contribution in [0.4, 0.5) is 26.3 Å². The molecule has 3 N–H and O–H groups in total. The fraction of sp³-hybridized carbons (Fsp3) is 0.462. The Balaban J connectivity index is 0.000000367. The first-order valence-electron chi connectivity index (χ1n) is 12.6. The Hall–Kier alpha value is -4.08. The molecule has 0 unspecified atom stereocenters. The molecule has 0 saturated carbocycles. The smallest absolute Gasteiger partial charge is 0.490 e. The zero-order chi connectivity index (χ0) is 31.5. The highest BCUT2D eigenvalue weighted by molar-refractivity contribution is 5.76. The monoisotopic (exact) mass is 608 g/mol. The summed E-state index contributed by atoms with van der Waals surface area (Å²) in [5.74, 6) is -3.16. The average molecular weight is 609 g/mol. The van der Waals surface area contributed by atoms with Gasteiger partial charge in [0.25, 0.3) is 0 Å². The minimum absolute atomic E-state index is 0.0915. The van der Waals surface area contributed by atoms with Gasteiger partial charge in [0.15, 0.2) is 5.65 Å². The molecule has 232 valence electrons. The largest absolute Gasteiger partial charge is 0.492 e. The lowest BCUT2D eigenvalue weighted by Gasteiger charge is -2.26. The van der Waals surface area contributed by atoms with Crippen molar-refractivity contribution in [1.82, 2.24) is 19.9 Å². The van der Waals surface area contributed by atoms with Crippen LogP contribution >= 0.6 is 0 Å². The summed E-state index contributed by atoms with van der Waals surface area (Å²) < 4.78 is 75.5. The SMILES string of the molecule is CC(C)Oc1cc(OCCN2CCCCC2)cc(-c2nc3cccnc3[nH]2)c1.O=C(O)C(F)(F)F.O=C(O)C(F)(F)F. The molecule has 0 atom stereocenters. The third-order valence-electron chi connectivity index (χ3n) is 5.39. The molecule has 1 saturated heterocycles. The Kier molecular flexibility index (Phi) is 12.4. The number of ether oxygens (including phenoxy) is 2. The van der Waals surface area contributed by atoms with Crippen molar-refractivity contribution >= 4 is 23.1 Å². The highest BCUT2D eigenvalue weighted by Gasteiger charge is 2.38. The minimum Gasteiger partial charge on any atom is -0.492 e. The maximum Gasteiger partial charge on any atom is 0.490 e. The Bertz CT molecular complexity index is 1250. The van der Waals surface area contributed by atoms with E-state index in [1.807, 2.05) is 44.2 Å². The molecule has 0 radical (unpaired) electrons. The number of halogens is 6. The van der Waals surface area contributed by atoms with Crippen molar-refractivity contribution in [3.63, 3.8) is 0 Å². The van der Waals surface area contributed by atoms with E-state index in [-0.39, 0.29) is 6.10 Å². The van der Waals surface area contributed by atoms with Crippen LogP contribution in [0.2, 0.25) is 0 Å². The van der Waals surface area contributed by atoms with Crippen molar-refractivity contribution in [2.24, 2.45) is 0 Å². The van der Waals surface area contributed by atoms with Crippen LogP contribution in [-0.2, 0) is 9.59 Å². The molecular formula is C26H30F6N4O6. The second-order valence-corrected chi connectivity index (χ2v) is 9.17. The van der Waals surface area contributed by atoms with Gasteiger partial charge in [-0.1, -0.05) is 6.42 Å². The van der Waals surface area contributed by atoms with Gasteiger partial charge in [-0.05, 0) is 64.0 Å². The van der Waals surface area contributed by atoms with E-state index >= 15 is 0 Å². The van der Waals surface area contributed by atoms with Gasteiger partial charge in [-0.3, -0.25) is 4.90 Å². The maximum atomic E-state index is 10.6. The fourth-order valence-corrected chi connectivity index (χ4v) is 3.59. The molecule has 2 aromatic heterocycles. The normalized spacial score (nSPS) is 13.9. The number of fused-ring (bicyclic) bond motifs is 1. The number of pyridine rings is 1. The summed E-state index contributed by atoms with van der Waals surface area (Å²) in [5, 5.41) is 14.2. The van der Waals surface area contributed by atoms with Gasteiger partial charge in [0.2, 0.25) is 0 Å². The number of carboxylic acid groups (broad SMARTS) is 2. The van der Waals surface area contributed by atoms with E-state index in [0.717, 1.165) is 40.6 Å². The number of aromatic nitrogens is 3.